The normalized spacial score (nSPS) is 14.5. The molecule has 3 aromatic carbocycles. The van der Waals surface area contributed by atoms with E-state index in [0.29, 0.717) is 27.1 Å². The van der Waals surface area contributed by atoms with Gasteiger partial charge in [0.2, 0.25) is 0 Å². The van der Waals surface area contributed by atoms with Crippen molar-refractivity contribution >= 4 is 46.1 Å². The van der Waals surface area contributed by atoms with Crippen LogP contribution in [0.5, 0.6) is 11.5 Å². The van der Waals surface area contributed by atoms with E-state index in [9.17, 15) is 14.7 Å². The van der Waals surface area contributed by atoms with E-state index in [-0.39, 0.29) is 23.0 Å². The summed E-state index contributed by atoms with van der Waals surface area (Å²) in [6.07, 6.45) is 1.78. The molecule has 1 saturated heterocycles. The van der Waals surface area contributed by atoms with E-state index in [2.05, 4.69) is 5.32 Å². The highest BCUT2D eigenvalue weighted by Gasteiger charge is 2.21. The zero-order chi connectivity index (χ0) is 21.8. The first-order chi connectivity index (χ1) is 15.0. The molecule has 4 rings (SSSR count). The number of ether oxygens (including phenoxy) is 1. The molecule has 0 aliphatic carbocycles. The first-order valence-corrected chi connectivity index (χ1v) is 10.6. The number of benzene rings is 3. The molecule has 3 aromatic rings. The molecule has 1 heterocycles. The second-order valence-corrected chi connectivity index (χ2v) is 8.48. The number of ketones is 1. The molecule has 1 fully saturated rings. The Balaban J connectivity index is 1.40. The molecule has 0 spiro atoms. The number of carbonyl (C=O) groups excluding carboxylic acids is 2. The Labute approximate surface area is 188 Å². The van der Waals surface area contributed by atoms with Gasteiger partial charge in [-0.05, 0) is 29.3 Å². The Morgan fingerprint density at radius 1 is 1.06 bits per heavy atom. The number of hydrogen-bond acceptors (Lipinski definition) is 6. The highest BCUT2D eigenvalue weighted by atomic mass is 32.2. The largest absolute Gasteiger partial charge is 0.507 e. The van der Waals surface area contributed by atoms with Gasteiger partial charge in [0.15, 0.2) is 5.78 Å². The summed E-state index contributed by atoms with van der Waals surface area (Å²) in [7, 11) is 0. The molecule has 0 unspecified atom stereocenters. The van der Waals surface area contributed by atoms with E-state index in [4.69, 9.17) is 17.0 Å². The van der Waals surface area contributed by atoms with Crippen LogP contribution in [0.1, 0.15) is 27.0 Å². The van der Waals surface area contributed by atoms with Gasteiger partial charge in [-0.3, -0.25) is 9.59 Å². The molecule has 7 heteroatoms. The lowest BCUT2D eigenvalue weighted by Crippen LogP contribution is -2.17. The van der Waals surface area contributed by atoms with Gasteiger partial charge in [-0.25, -0.2) is 0 Å². The number of nitrogens with one attached hydrogen (secondary N) is 1. The molecular formula is C24H17NO4S2. The number of rotatable bonds is 6. The number of phenolic OH excluding ortho intramolecular Hbond substituents is 1. The fourth-order valence-corrected chi connectivity index (χ4v) is 4.03. The van der Waals surface area contributed by atoms with Crippen LogP contribution in [0.3, 0.4) is 0 Å². The van der Waals surface area contributed by atoms with Crippen molar-refractivity contribution in [2.75, 3.05) is 0 Å². The Kier molecular flexibility index (Phi) is 6.16. The standard InChI is InChI=1S/C24H17NO4S2/c26-20-13-18(10-11-19(20)22(27)17-4-2-1-3-5-17)29-14-16-8-6-15(7-9-16)12-21-23(28)25-24(30)31-21/h1-13,26H,14H2,(H,25,28,30)/b21-12-. The average molecular weight is 448 g/mol. The number of carbonyl (C=O) groups is 2. The molecule has 0 bridgehead atoms. The van der Waals surface area contributed by atoms with Gasteiger partial charge >= 0.3 is 0 Å². The second-order valence-electron chi connectivity index (χ2n) is 6.76. The number of amides is 1. The van der Waals surface area contributed by atoms with Crippen LogP contribution in [-0.4, -0.2) is 21.1 Å². The van der Waals surface area contributed by atoms with Gasteiger partial charge in [-0.1, -0.05) is 78.6 Å². The number of thioether (sulfide) groups is 1. The fraction of sp³-hybridized carbons (Fsp3) is 0.0417. The molecule has 154 valence electrons. The van der Waals surface area contributed by atoms with Gasteiger partial charge in [-0.2, -0.15) is 0 Å². The quantitative estimate of drug-likeness (QED) is 0.324. The smallest absolute Gasteiger partial charge is 0.263 e. The maximum atomic E-state index is 12.5. The van der Waals surface area contributed by atoms with Crippen LogP contribution in [0.25, 0.3) is 6.08 Å². The summed E-state index contributed by atoms with van der Waals surface area (Å²) in [4.78, 5) is 24.8. The average Bonchev–Trinajstić information content (AvgIpc) is 3.10. The van der Waals surface area contributed by atoms with Crippen LogP contribution in [0.4, 0.5) is 0 Å². The molecule has 0 radical (unpaired) electrons. The number of phenols is 1. The second kappa shape index (κ2) is 9.16. The molecule has 1 amide bonds. The minimum Gasteiger partial charge on any atom is -0.507 e. The van der Waals surface area contributed by atoms with Crippen molar-refractivity contribution in [1.82, 2.24) is 5.32 Å². The lowest BCUT2D eigenvalue weighted by Gasteiger charge is -2.09. The number of aromatic hydroxyl groups is 1. The van der Waals surface area contributed by atoms with Crippen molar-refractivity contribution < 1.29 is 19.4 Å². The predicted octanol–water partition coefficient (Wildman–Crippen LogP) is 4.69. The Morgan fingerprint density at radius 2 is 1.81 bits per heavy atom. The molecular weight excluding hydrogens is 430 g/mol. The molecule has 0 atom stereocenters. The zero-order valence-electron chi connectivity index (χ0n) is 16.2. The molecule has 31 heavy (non-hydrogen) atoms. The highest BCUT2D eigenvalue weighted by Crippen LogP contribution is 2.27. The molecule has 5 nitrogen and oxygen atoms in total. The van der Waals surface area contributed by atoms with Crippen molar-refractivity contribution in [2.45, 2.75) is 6.61 Å². The van der Waals surface area contributed by atoms with E-state index >= 15 is 0 Å². The topological polar surface area (TPSA) is 75.6 Å². The number of hydrogen-bond donors (Lipinski definition) is 2. The summed E-state index contributed by atoms with van der Waals surface area (Å²) in [6.45, 7) is 0.293. The van der Waals surface area contributed by atoms with E-state index in [1.807, 2.05) is 30.3 Å². The first kappa shape index (κ1) is 20.8. The highest BCUT2D eigenvalue weighted by molar-refractivity contribution is 8.26. The van der Waals surface area contributed by atoms with Gasteiger partial charge in [-0.15, -0.1) is 0 Å². The third-order valence-electron chi connectivity index (χ3n) is 4.57. The van der Waals surface area contributed by atoms with Crippen LogP contribution in [0.2, 0.25) is 0 Å². The van der Waals surface area contributed by atoms with Crippen molar-refractivity contribution in [2.24, 2.45) is 0 Å². The van der Waals surface area contributed by atoms with Crippen LogP contribution in [0, 0.1) is 0 Å². The van der Waals surface area contributed by atoms with E-state index < -0.39 is 0 Å². The number of thiocarbonyl (C=S) groups is 1. The van der Waals surface area contributed by atoms with E-state index in [1.165, 1.54) is 17.8 Å². The van der Waals surface area contributed by atoms with Crippen molar-refractivity contribution in [3.8, 4) is 11.5 Å². The van der Waals surface area contributed by atoms with E-state index in [1.54, 1.807) is 42.5 Å². The van der Waals surface area contributed by atoms with Gasteiger partial charge in [0.05, 0.1) is 10.5 Å². The zero-order valence-corrected chi connectivity index (χ0v) is 17.8. The molecule has 2 N–H and O–H groups in total. The van der Waals surface area contributed by atoms with Crippen LogP contribution < -0.4 is 10.1 Å². The lowest BCUT2D eigenvalue weighted by molar-refractivity contribution is -0.115. The summed E-state index contributed by atoms with van der Waals surface area (Å²) in [5.74, 6) is -0.0972. The Bertz CT molecular complexity index is 1190. The lowest BCUT2D eigenvalue weighted by atomic mass is 10.0. The fourth-order valence-electron chi connectivity index (χ4n) is 2.99. The maximum Gasteiger partial charge on any atom is 0.263 e. The summed E-state index contributed by atoms with van der Waals surface area (Å²) in [5.41, 5.74) is 2.54. The van der Waals surface area contributed by atoms with Gasteiger partial charge in [0.25, 0.3) is 5.91 Å². The van der Waals surface area contributed by atoms with Gasteiger partial charge < -0.3 is 15.2 Å². The minimum atomic E-state index is -0.246. The van der Waals surface area contributed by atoms with Crippen molar-refractivity contribution in [3.63, 3.8) is 0 Å². The SMILES string of the molecule is O=C1NC(=S)S/C1=C\c1ccc(COc2ccc(C(=O)c3ccccc3)c(O)c2)cc1. The Hall–Kier alpha value is -3.42. The minimum absolute atomic E-state index is 0.126. The van der Waals surface area contributed by atoms with Gasteiger partial charge in [0, 0.05) is 11.6 Å². The van der Waals surface area contributed by atoms with Crippen LogP contribution >= 0.6 is 24.0 Å². The Morgan fingerprint density at radius 3 is 2.45 bits per heavy atom. The predicted molar refractivity (Wildman–Crippen MR) is 125 cm³/mol. The van der Waals surface area contributed by atoms with Crippen molar-refractivity contribution in [1.29, 1.82) is 0 Å². The third kappa shape index (κ3) is 5.02. The van der Waals surface area contributed by atoms with Crippen LogP contribution in [-0.2, 0) is 11.4 Å². The molecule has 1 aliphatic rings. The van der Waals surface area contributed by atoms with Crippen molar-refractivity contribution in [3.05, 3.63) is 100.0 Å². The summed E-state index contributed by atoms with van der Waals surface area (Å²) in [5, 5.41) is 12.9. The summed E-state index contributed by atoms with van der Waals surface area (Å²) >= 11 is 6.23. The third-order valence-corrected chi connectivity index (χ3v) is 5.74. The van der Waals surface area contributed by atoms with Gasteiger partial charge in [0.1, 0.15) is 22.4 Å². The molecule has 1 aliphatic heterocycles. The molecule has 0 saturated carbocycles. The van der Waals surface area contributed by atoms with E-state index in [0.717, 1.165) is 11.1 Å². The first-order valence-electron chi connectivity index (χ1n) is 9.39. The summed E-state index contributed by atoms with van der Waals surface area (Å²) in [6, 6.07) is 21.0. The summed E-state index contributed by atoms with van der Waals surface area (Å²) < 4.78 is 6.20. The monoisotopic (exact) mass is 447 g/mol. The molecule has 0 aromatic heterocycles. The maximum absolute atomic E-state index is 12.5. The van der Waals surface area contributed by atoms with Crippen LogP contribution in [0.15, 0.2) is 77.7 Å².